The van der Waals surface area contributed by atoms with Gasteiger partial charge in [0.25, 0.3) is 10.2 Å². The van der Waals surface area contributed by atoms with Crippen LogP contribution in [0.3, 0.4) is 0 Å². The third kappa shape index (κ3) is 3.73. The lowest BCUT2D eigenvalue weighted by atomic mass is 9.84. The standard InChI is InChI=1S/C9H20N4O2S/c1-12-16(14,15)13-8(9(10)11)7-5-3-2-4-6-7/h7-8,12-13H,2-6H2,1H3,(H3,10,11). The van der Waals surface area contributed by atoms with Gasteiger partial charge in [-0.3, -0.25) is 5.41 Å². The maximum Gasteiger partial charge on any atom is 0.277 e. The first-order valence-corrected chi connectivity index (χ1v) is 6.99. The summed E-state index contributed by atoms with van der Waals surface area (Å²) in [5.41, 5.74) is 5.46. The maximum atomic E-state index is 11.4. The molecule has 0 bridgehead atoms. The second-order valence-electron chi connectivity index (χ2n) is 4.16. The summed E-state index contributed by atoms with van der Waals surface area (Å²) in [5.74, 6) is 0.0418. The minimum atomic E-state index is -3.53. The minimum Gasteiger partial charge on any atom is -0.386 e. The molecule has 0 aliphatic heterocycles. The Bertz CT molecular complexity index is 335. The molecule has 1 unspecified atom stereocenters. The first kappa shape index (κ1) is 13.4. The Morgan fingerprint density at radius 1 is 1.38 bits per heavy atom. The molecule has 1 saturated carbocycles. The quantitative estimate of drug-likeness (QED) is 0.404. The van der Waals surface area contributed by atoms with E-state index in [0.717, 1.165) is 25.7 Å². The van der Waals surface area contributed by atoms with Crippen LogP contribution >= 0.6 is 0 Å². The highest BCUT2D eigenvalue weighted by Gasteiger charge is 2.28. The maximum absolute atomic E-state index is 11.4. The summed E-state index contributed by atoms with van der Waals surface area (Å²) in [7, 11) is -2.20. The van der Waals surface area contributed by atoms with Gasteiger partial charge in [0.15, 0.2) is 0 Å². The molecule has 0 radical (unpaired) electrons. The van der Waals surface area contributed by atoms with E-state index in [1.54, 1.807) is 0 Å². The Balaban J connectivity index is 2.70. The zero-order chi connectivity index (χ0) is 12.2. The Hall–Kier alpha value is -0.660. The molecule has 0 heterocycles. The van der Waals surface area contributed by atoms with Crippen molar-refractivity contribution in [1.29, 1.82) is 5.41 Å². The molecule has 94 valence electrons. The normalized spacial score (nSPS) is 20.6. The van der Waals surface area contributed by atoms with Crippen LogP contribution in [0.2, 0.25) is 0 Å². The molecule has 1 rings (SSSR count). The third-order valence-corrected chi connectivity index (χ3v) is 4.11. The van der Waals surface area contributed by atoms with E-state index in [1.165, 1.54) is 13.5 Å². The van der Waals surface area contributed by atoms with Crippen molar-refractivity contribution in [3.05, 3.63) is 0 Å². The number of nitrogens with two attached hydrogens (primary N) is 1. The molecule has 5 N–H and O–H groups in total. The molecule has 1 fully saturated rings. The highest BCUT2D eigenvalue weighted by molar-refractivity contribution is 7.87. The predicted octanol–water partition coefficient (Wildman–Crippen LogP) is -0.0749. The van der Waals surface area contributed by atoms with Crippen LogP contribution in [0.15, 0.2) is 0 Å². The summed E-state index contributed by atoms with van der Waals surface area (Å²) in [6.45, 7) is 0. The molecule has 0 aromatic heterocycles. The SMILES string of the molecule is CNS(=O)(=O)NC(C(=N)N)C1CCCCC1. The lowest BCUT2D eigenvalue weighted by Crippen LogP contribution is -2.51. The van der Waals surface area contributed by atoms with Crippen LogP contribution in [-0.2, 0) is 10.2 Å². The van der Waals surface area contributed by atoms with Crippen LogP contribution in [-0.4, -0.2) is 27.3 Å². The fourth-order valence-corrected chi connectivity index (χ4v) is 2.88. The number of amidine groups is 1. The molecule has 16 heavy (non-hydrogen) atoms. The molecule has 6 nitrogen and oxygen atoms in total. The number of hydrogen-bond acceptors (Lipinski definition) is 3. The van der Waals surface area contributed by atoms with Gasteiger partial charge in [-0.15, -0.1) is 0 Å². The van der Waals surface area contributed by atoms with Gasteiger partial charge in [0.2, 0.25) is 0 Å². The van der Waals surface area contributed by atoms with Crippen molar-refractivity contribution < 1.29 is 8.42 Å². The van der Waals surface area contributed by atoms with Crippen LogP contribution in [0.4, 0.5) is 0 Å². The third-order valence-electron chi connectivity index (χ3n) is 3.01. The number of hydrogen-bond donors (Lipinski definition) is 4. The molecule has 7 heteroatoms. The van der Waals surface area contributed by atoms with Crippen LogP contribution in [0.1, 0.15) is 32.1 Å². The lowest BCUT2D eigenvalue weighted by molar-refractivity contribution is 0.328. The average Bonchev–Trinajstić information content (AvgIpc) is 2.27. The topological polar surface area (TPSA) is 108 Å². The summed E-state index contributed by atoms with van der Waals surface area (Å²) in [6.07, 6.45) is 5.19. The van der Waals surface area contributed by atoms with E-state index < -0.39 is 16.3 Å². The summed E-state index contributed by atoms with van der Waals surface area (Å²) >= 11 is 0. The Morgan fingerprint density at radius 2 is 1.94 bits per heavy atom. The minimum absolute atomic E-state index is 0.106. The zero-order valence-corrected chi connectivity index (χ0v) is 10.3. The molecule has 0 spiro atoms. The molecule has 0 amide bonds. The monoisotopic (exact) mass is 248 g/mol. The molecule has 0 aromatic carbocycles. The van der Waals surface area contributed by atoms with Crippen molar-refractivity contribution >= 4 is 16.0 Å². The van der Waals surface area contributed by atoms with Gasteiger partial charge in [-0.05, 0) is 18.8 Å². The second-order valence-corrected chi connectivity index (χ2v) is 5.81. The number of rotatable bonds is 5. The molecule has 0 aromatic rings. The molecular formula is C9H20N4O2S. The first-order chi connectivity index (χ1) is 7.46. The van der Waals surface area contributed by atoms with Crippen molar-refractivity contribution in [3.8, 4) is 0 Å². The average molecular weight is 248 g/mol. The first-order valence-electron chi connectivity index (χ1n) is 5.51. The van der Waals surface area contributed by atoms with E-state index >= 15 is 0 Å². The van der Waals surface area contributed by atoms with Crippen molar-refractivity contribution in [1.82, 2.24) is 9.44 Å². The molecule has 1 atom stereocenters. The fourth-order valence-electron chi connectivity index (χ4n) is 2.11. The van der Waals surface area contributed by atoms with Gasteiger partial charge in [-0.2, -0.15) is 13.1 Å². The van der Waals surface area contributed by atoms with Gasteiger partial charge in [0.1, 0.15) is 5.84 Å². The number of nitrogens with one attached hydrogen (secondary N) is 3. The van der Waals surface area contributed by atoms with Crippen LogP contribution in [0.5, 0.6) is 0 Å². The molecule has 1 aliphatic carbocycles. The Kier molecular flexibility index (Phi) is 4.69. The van der Waals surface area contributed by atoms with Gasteiger partial charge < -0.3 is 5.73 Å². The van der Waals surface area contributed by atoms with Gasteiger partial charge in [0.05, 0.1) is 6.04 Å². The smallest absolute Gasteiger partial charge is 0.277 e. The largest absolute Gasteiger partial charge is 0.386 e. The van der Waals surface area contributed by atoms with Gasteiger partial charge in [0, 0.05) is 7.05 Å². The van der Waals surface area contributed by atoms with Crippen molar-refractivity contribution in [2.45, 2.75) is 38.1 Å². The van der Waals surface area contributed by atoms with Crippen molar-refractivity contribution in [3.63, 3.8) is 0 Å². The van der Waals surface area contributed by atoms with E-state index in [1.807, 2.05) is 0 Å². The molecule has 0 saturated heterocycles. The highest BCUT2D eigenvalue weighted by atomic mass is 32.2. The van der Waals surface area contributed by atoms with E-state index in [4.69, 9.17) is 11.1 Å². The summed E-state index contributed by atoms with van der Waals surface area (Å²) in [6, 6.07) is -0.572. The fraction of sp³-hybridized carbons (Fsp3) is 0.889. The lowest BCUT2D eigenvalue weighted by Gasteiger charge is -2.29. The van der Waals surface area contributed by atoms with E-state index in [2.05, 4.69) is 9.44 Å². The van der Waals surface area contributed by atoms with Gasteiger partial charge in [-0.1, -0.05) is 19.3 Å². The summed E-state index contributed by atoms with van der Waals surface area (Å²) < 4.78 is 27.4. The molecule has 1 aliphatic rings. The summed E-state index contributed by atoms with van der Waals surface area (Å²) in [5, 5.41) is 7.47. The van der Waals surface area contributed by atoms with Crippen molar-refractivity contribution in [2.75, 3.05) is 7.05 Å². The van der Waals surface area contributed by atoms with Crippen LogP contribution < -0.4 is 15.2 Å². The Labute approximate surface area is 96.7 Å². The molecular weight excluding hydrogens is 228 g/mol. The van der Waals surface area contributed by atoms with Crippen LogP contribution in [0.25, 0.3) is 0 Å². The van der Waals surface area contributed by atoms with E-state index in [-0.39, 0.29) is 11.8 Å². The highest BCUT2D eigenvalue weighted by Crippen LogP contribution is 2.26. The van der Waals surface area contributed by atoms with Crippen LogP contribution in [0, 0.1) is 11.3 Å². The van der Waals surface area contributed by atoms with E-state index in [0.29, 0.717) is 0 Å². The predicted molar refractivity (Wildman–Crippen MR) is 63.4 cm³/mol. The van der Waals surface area contributed by atoms with Gasteiger partial charge >= 0.3 is 0 Å². The zero-order valence-electron chi connectivity index (χ0n) is 9.49. The Morgan fingerprint density at radius 3 is 2.38 bits per heavy atom. The van der Waals surface area contributed by atoms with E-state index in [9.17, 15) is 8.42 Å². The van der Waals surface area contributed by atoms with Gasteiger partial charge in [-0.25, -0.2) is 4.72 Å². The second kappa shape index (κ2) is 5.60. The van der Waals surface area contributed by atoms with Crippen molar-refractivity contribution in [2.24, 2.45) is 11.7 Å². The summed E-state index contributed by atoms with van der Waals surface area (Å²) in [4.78, 5) is 0.